The molecule has 192 valence electrons. The minimum atomic E-state index is -0.339. The van der Waals surface area contributed by atoms with Gasteiger partial charge in [-0.2, -0.15) is 9.78 Å². The second-order valence-corrected chi connectivity index (χ2v) is 10.4. The van der Waals surface area contributed by atoms with E-state index in [1.165, 1.54) is 10.9 Å². The normalized spacial score (nSPS) is 11.6. The van der Waals surface area contributed by atoms with Crippen molar-refractivity contribution in [2.24, 2.45) is 5.10 Å². The fourth-order valence-corrected chi connectivity index (χ4v) is 5.15. The summed E-state index contributed by atoms with van der Waals surface area (Å²) in [5, 5.41) is 6.43. The summed E-state index contributed by atoms with van der Waals surface area (Å²) in [5.41, 5.74) is 2.43. The Labute approximate surface area is 241 Å². The van der Waals surface area contributed by atoms with Gasteiger partial charge < -0.3 is 9.15 Å². The zero-order chi connectivity index (χ0) is 26.9. The van der Waals surface area contributed by atoms with Crippen LogP contribution >= 0.6 is 39.1 Å². The minimum Gasteiger partial charge on any atom is -0.486 e. The molecule has 9 heteroatoms. The molecular weight excluding hydrogens is 601 g/mol. The molecule has 0 aliphatic heterocycles. The lowest BCUT2D eigenvalue weighted by atomic mass is 10.2. The number of benzene rings is 4. The highest BCUT2D eigenvalue weighted by Crippen LogP contribution is 2.35. The van der Waals surface area contributed by atoms with Gasteiger partial charge >= 0.3 is 0 Å². The van der Waals surface area contributed by atoms with E-state index in [4.69, 9.17) is 37.3 Å². The maximum absolute atomic E-state index is 13.5. The molecule has 0 saturated heterocycles. The van der Waals surface area contributed by atoms with Gasteiger partial charge in [0.05, 0.1) is 27.2 Å². The van der Waals surface area contributed by atoms with Crippen molar-refractivity contribution in [1.82, 2.24) is 9.66 Å². The highest BCUT2D eigenvalue weighted by molar-refractivity contribution is 9.10. The highest BCUT2D eigenvalue weighted by atomic mass is 79.9. The molecule has 4 aromatic carbocycles. The second kappa shape index (κ2) is 10.7. The maximum Gasteiger partial charge on any atom is 0.282 e. The fraction of sp³-hybridized carbons (Fsp3) is 0.0333. The van der Waals surface area contributed by atoms with Gasteiger partial charge in [-0.3, -0.25) is 4.79 Å². The van der Waals surface area contributed by atoms with Crippen LogP contribution in [0, 0.1) is 0 Å². The van der Waals surface area contributed by atoms with Crippen molar-refractivity contribution < 1.29 is 9.15 Å². The SMILES string of the molecule is O=c1c2ccccc2nc(-c2cc3cc(Br)ccc3o2)n1N=Cc1cc(Cl)c(OCc2ccccc2)c(Cl)c1. The predicted octanol–water partition coefficient (Wildman–Crippen LogP) is 8.34. The standard InChI is InChI=1S/C30H18BrCl2N3O3/c31-21-10-11-26-20(14-21)15-27(39-26)29-35-25-9-5-4-8-22(25)30(37)36(29)34-16-19-12-23(32)28(24(33)13-19)38-17-18-6-2-1-3-7-18/h1-16H,17H2. The monoisotopic (exact) mass is 617 g/mol. The molecule has 6 aromatic rings. The van der Waals surface area contributed by atoms with Crippen molar-refractivity contribution in [2.45, 2.75) is 6.61 Å². The van der Waals surface area contributed by atoms with E-state index in [2.05, 4.69) is 21.0 Å². The summed E-state index contributed by atoms with van der Waals surface area (Å²) in [6.07, 6.45) is 1.50. The molecule has 6 nitrogen and oxygen atoms in total. The molecule has 0 aliphatic carbocycles. The van der Waals surface area contributed by atoms with Gasteiger partial charge in [0.25, 0.3) is 5.56 Å². The Kier molecular flexibility index (Phi) is 6.95. The molecule has 2 aromatic heterocycles. The van der Waals surface area contributed by atoms with Gasteiger partial charge in [0, 0.05) is 9.86 Å². The third-order valence-corrected chi connectivity index (χ3v) is 7.08. The molecule has 0 bridgehead atoms. The smallest absolute Gasteiger partial charge is 0.282 e. The van der Waals surface area contributed by atoms with E-state index in [0.717, 1.165) is 15.4 Å². The third kappa shape index (κ3) is 5.21. The molecule has 0 unspecified atom stereocenters. The molecule has 0 aliphatic rings. The van der Waals surface area contributed by atoms with Gasteiger partial charge in [0.1, 0.15) is 12.2 Å². The molecule has 0 N–H and O–H groups in total. The number of hydrogen-bond acceptors (Lipinski definition) is 5. The summed E-state index contributed by atoms with van der Waals surface area (Å²) in [5.74, 6) is 1.05. The van der Waals surface area contributed by atoms with Gasteiger partial charge in [-0.05, 0) is 59.7 Å². The lowest BCUT2D eigenvalue weighted by Crippen LogP contribution is -2.20. The first kappa shape index (κ1) is 25.4. The molecular formula is C30H18BrCl2N3O3. The number of rotatable bonds is 6. The zero-order valence-corrected chi connectivity index (χ0v) is 23.2. The first-order valence-corrected chi connectivity index (χ1v) is 13.4. The van der Waals surface area contributed by atoms with E-state index in [1.54, 1.807) is 30.3 Å². The summed E-state index contributed by atoms with van der Waals surface area (Å²) in [6, 6.07) is 27.7. The van der Waals surface area contributed by atoms with Crippen LogP contribution in [0.15, 0.2) is 110 Å². The van der Waals surface area contributed by atoms with E-state index in [-0.39, 0.29) is 11.4 Å². The van der Waals surface area contributed by atoms with Crippen molar-refractivity contribution in [1.29, 1.82) is 0 Å². The van der Waals surface area contributed by atoms with E-state index >= 15 is 0 Å². The van der Waals surface area contributed by atoms with Crippen LogP contribution in [-0.2, 0) is 6.61 Å². The van der Waals surface area contributed by atoms with E-state index in [9.17, 15) is 4.79 Å². The zero-order valence-electron chi connectivity index (χ0n) is 20.1. The summed E-state index contributed by atoms with van der Waals surface area (Å²) in [4.78, 5) is 18.2. The molecule has 0 saturated carbocycles. The average molecular weight is 619 g/mol. The number of fused-ring (bicyclic) bond motifs is 2. The largest absolute Gasteiger partial charge is 0.486 e. The molecule has 6 rings (SSSR count). The Morgan fingerprint density at radius 2 is 1.69 bits per heavy atom. The van der Waals surface area contributed by atoms with Crippen LogP contribution in [0.3, 0.4) is 0 Å². The van der Waals surface area contributed by atoms with Crippen molar-refractivity contribution in [3.63, 3.8) is 0 Å². The second-order valence-electron chi connectivity index (χ2n) is 8.69. The van der Waals surface area contributed by atoms with Gasteiger partial charge in [-0.15, -0.1) is 0 Å². The van der Waals surface area contributed by atoms with Gasteiger partial charge in [-0.1, -0.05) is 81.6 Å². The Balaban J connectivity index is 1.39. The molecule has 2 heterocycles. The van der Waals surface area contributed by atoms with Crippen LogP contribution < -0.4 is 10.3 Å². The average Bonchev–Trinajstić information content (AvgIpc) is 3.36. The number of aromatic nitrogens is 2. The molecule has 0 atom stereocenters. The van der Waals surface area contributed by atoms with Crippen molar-refractivity contribution >= 4 is 67.2 Å². The van der Waals surface area contributed by atoms with Crippen molar-refractivity contribution in [3.8, 4) is 17.3 Å². The number of ether oxygens (including phenoxy) is 1. The van der Waals surface area contributed by atoms with Gasteiger partial charge in [0.2, 0.25) is 5.82 Å². The number of furan rings is 1. The van der Waals surface area contributed by atoms with E-state index < -0.39 is 0 Å². The summed E-state index contributed by atoms with van der Waals surface area (Å²) < 4.78 is 14.0. The number of nitrogens with zero attached hydrogens (tertiary/aromatic N) is 3. The van der Waals surface area contributed by atoms with Crippen LogP contribution in [-0.4, -0.2) is 15.9 Å². The van der Waals surface area contributed by atoms with Gasteiger partial charge in [-0.25, -0.2) is 4.98 Å². The van der Waals surface area contributed by atoms with Crippen molar-refractivity contribution in [2.75, 3.05) is 0 Å². The highest BCUT2D eigenvalue weighted by Gasteiger charge is 2.17. The fourth-order valence-electron chi connectivity index (χ4n) is 4.16. The van der Waals surface area contributed by atoms with Crippen molar-refractivity contribution in [3.05, 3.63) is 127 Å². The topological polar surface area (TPSA) is 69.6 Å². The Bertz CT molecular complexity index is 1910. The number of hydrogen-bond donors (Lipinski definition) is 0. The Morgan fingerprint density at radius 3 is 2.49 bits per heavy atom. The number of para-hydroxylation sites is 1. The van der Waals surface area contributed by atoms with Crippen LogP contribution in [0.2, 0.25) is 10.0 Å². The summed E-state index contributed by atoms with van der Waals surface area (Å²) in [6.45, 7) is 0.323. The third-order valence-electron chi connectivity index (χ3n) is 6.02. The van der Waals surface area contributed by atoms with E-state index in [1.807, 2.05) is 60.7 Å². The maximum atomic E-state index is 13.5. The van der Waals surface area contributed by atoms with E-state index in [0.29, 0.717) is 50.2 Å². The summed E-state index contributed by atoms with van der Waals surface area (Å²) in [7, 11) is 0. The Morgan fingerprint density at radius 1 is 0.949 bits per heavy atom. The quantitative estimate of drug-likeness (QED) is 0.176. The first-order chi connectivity index (χ1) is 19.0. The van der Waals surface area contributed by atoms with Crippen LogP contribution in [0.25, 0.3) is 33.5 Å². The number of halogens is 3. The molecule has 39 heavy (non-hydrogen) atoms. The van der Waals surface area contributed by atoms with Gasteiger partial charge in [0.15, 0.2) is 11.5 Å². The van der Waals surface area contributed by atoms with Crippen LogP contribution in [0.1, 0.15) is 11.1 Å². The first-order valence-electron chi connectivity index (χ1n) is 11.9. The predicted molar refractivity (Wildman–Crippen MR) is 159 cm³/mol. The lowest BCUT2D eigenvalue weighted by molar-refractivity contribution is 0.306. The Hall–Kier alpha value is -3.91. The van der Waals surface area contributed by atoms with Crippen LogP contribution in [0.4, 0.5) is 0 Å². The minimum absolute atomic E-state index is 0.266. The van der Waals surface area contributed by atoms with Crippen LogP contribution in [0.5, 0.6) is 5.75 Å². The lowest BCUT2D eigenvalue weighted by Gasteiger charge is -2.11. The molecule has 0 amide bonds. The molecule has 0 radical (unpaired) electrons. The molecule has 0 spiro atoms. The molecule has 0 fully saturated rings. The summed E-state index contributed by atoms with van der Waals surface area (Å²) >= 11 is 16.5.